The number of aryl methyl sites for hydroxylation is 1. The lowest BCUT2D eigenvalue weighted by Gasteiger charge is -2.02. The summed E-state index contributed by atoms with van der Waals surface area (Å²) >= 11 is 0. The quantitative estimate of drug-likeness (QED) is 0.569. The van der Waals surface area contributed by atoms with Crippen LogP contribution >= 0.6 is 0 Å². The van der Waals surface area contributed by atoms with E-state index in [1.54, 1.807) is 31.3 Å². The van der Waals surface area contributed by atoms with Crippen LogP contribution in [0.15, 0.2) is 56.8 Å². The van der Waals surface area contributed by atoms with Gasteiger partial charge in [-0.1, -0.05) is 30.3 Å². The summed E-state index contributed by atoms with van der Waals surface area (Å²) < 4.78 is 4.94. The fourth-order valence-corrected chi connectivity index (χ4v) is 2.93. The lowest BCUT2D eigenvalue weighted by molar-refractivity contribution is -0.385. The van der Waals surface area contributed by atoms with Crippen LogP contribution in [0.4, 0.5) is 11.4 Å². The fraction of sp³-hybridized carbons (Fsp3) is 0.0526. The van der Waals surface area contributed by atoms with Crippen LogP contribution in [-0.2, 0) is 0 Å². The van der Waals surface area contributed by atoms with Gasteiger partial charge >= 0.3 is 5.63 Å². The molecule has 0 radical (unpaired) electrons. The van der Waals surface area contributed by atoms with Gasteiger partial charge in [-0.15, -0.1) is 0 Å². The van der Waals surface area contributed by atoms with Crippen molar-refractivity contribution < 1.29 is 9.45 Å². The highest BCUT2D eigenvalue weighted by atomic mass is 16.6. The molecule has 128 valence electrons. The van der Waals surface area contributed by atoms with Crippen molar-refractivity contribution in [3.63, 3.8) is 0 Å². The first kappa shape index (κ1) is 15.8. The number of para-hydroxylation sites is 1. The second kappa shape index (κ2) is 5.96. The van der Waals surface area contributed by atoms with Crippen LogP contribution in [0.2, 0.25) is 0 Å². The van der Waals surface area contributed by atoms with Gasteiger partial charge in [0, 0.05) is 34.5 Å². The fourth-order valence-electron chi connectivity index (χ4n) is 2.93. The highest BCUT2D eigenvalue weighted by Crippen LogP contribution is 2.33. The number of fused-ring (bicyclic) bond motifs is 1. The molecule has 0 saturated carbocycles. The van der Waals surface area contributed by atoms with Crippen molar-refractivity contribution in [1.29, 1.82) is 0 Å². The summed E-state index contributed by atoms with van der Waals surface area (Å²) in [5.41, 5.74) is 3.68. The maximum atomic E-state index is 12.2. The third-order valence-electron chi connectivity index (χ3n) is 4.29. The summed E-state index contributed by atoms with van der Waals surface area (Å²) in [6, 6.07) is 12.4. The Balaban J connectivity index is 1.85. The summed E-state index contributed by atoms with van der Waals surface area (Å²) in [6.07, 6.45) is 3.36. The van der Waals surface area contributed by atoms with E-state index in [1.807, 2.05) is 24.3 Å². The van der Waals surface area contributed by atoms with Crippen LogP contribution in [0.3, 0.4) is 0 Å². The first-order chi connectivity index (χ1) is 12.5. The van der Waals surface area contributed by atoms with E-state index < -0.39 is 10.5 Å². The van der Waals surface area contributed by atoms with Crippen molar-refractivity contribution in [3.8, 4) is 11.3 Å². The number of nitrogens with one attached hydrogen (secondary N) is 1. The largest absolute Gasteiger partial charge is 0.365 e. The zero-order valence-electron chi connectivity index (χ0n) is 13.7. The molecule has 26 heavy (non-hydrogen) atoms. The Bertz CT molecular complexity index is 1150. The van der Waals surface area contributed by atoms with Gasteiger partial charge in [0.2, 0.25) is 0 Å². The molecule has 4 rings (SSSR count). The monoisotopic (exact) mass is 347 g/mol. The Labute approximate surface area is 147 Å². The molecule has 3 aromatic rings. The number of hydrogen-bond donors (Lipinski definition) is 1. The summed E-state index contributed by atoms with van der Waals surface area (Å²) in [5, 5.41) is 13.8. The average molecular weight is 347 g/mol. The molecule has 1 N–H and O–H groups in total. The van der Waals surface area contributed by atoms with E-state index in [-0.39, 0.29) is 5.69 Å². The Morgan fingerprint density at radius 3 is 2.85 bits per heavy atom. The van der Waals surface area contributed by atoms with Crippen molar-refractivity contribution in [1.82, 2.24) is 5.16 Å². The molecule has 0 spiro atoms. The van der Waals surface area contributed by atoms with E-state index in [0.717, 1.165) is 16.8 Å². The lowest BCUT2D eigenvalue weighted by atomic mass is 10.0. The number of H-pyrrole nitrogens is 1. The smallest absolute Gasteiger partial charge is 0.338 e. The van der Waals surface area contributed by atoms with Crippen molar-refractivity contribution >= 4 is 29.2 Å². The van der Waals surface area contributed by atoms with Crippen LogP contribution < -0.4 is 5.63 Å². The molecular weight excluding hydrogens is 334 g/mol. The minimum absolute atomic E-state index is 0.0177. The minimum Gasteiger partial charge on any atom is -0.338 e. The molecular formula is C19H13N3O4. The normalized spacial score (nSPS) is 14.0. The number of hydrogen-bond acceptors (Lipinski definition) is 5. The number of aromatic nitrogens is 1. The number of allylic oxidation sites excluding steroid dienone is 1. The van der Waals surface area contributed by atoms with E-state index in [1.165, 1.54) is 6.07 Å². The minimum atomic E-state index is -0.548. The van der Waals surface area contributed by atoms with Crippen molar-refractivity contribution in [2.75, 3.05) is 0 Å². The van der Waals surface area contributed by atoms with Gasteiger partial charge in [0.15, 0.2) is 0 Å². The molecule has 0 bridgehead atoms. The van der Waals surface area contributed by atoms with Gasteiger partial charge in [-0.3, -0.25) is 15.1 Å². The van der Waals surface area contributed by atoms with Gasteiger partial charge in [-0.2, -0.15) is 0 Å². The predicted molar refractivity (Wildman–Crippen MR) is 98.6 cm³/mol. The molecule has 2 heterocycles. The lowest BCUT2D eigenvalue weighted by Crippen LogP contribution is -1.98. The van der Waals surface area contributed by atoms with Gasteiger partial charge in [0.1, 0.15) is 0 Å². The van der Waals surface area contributed by atoms with Gasteiger partial charge in [-0.25, -0.2) is 9.95 Å². The van der Waals surface area contributed by atoms with E-state index in [2.05, 4.69) is 10.1 Å². The summed E-state index contributed by atoms with van der Waals surface area (Å²) in [4.78, 5) is 27.2. The number of benzene rings is 2. The summed E-state index contributed by atoms with van der Waals surface area (Å²) in [6.45, 7) is 1.66. The molecule has 1 aliphatic rings. The highest BCUT2D eigenvalue weighted by Gasteiger charge is 2.19. The van der Waals surface area contributed by atoms with Gasteiger partial charge in [0.25, 0.3) is 5.69 Å². The van der Waals surface area contributed by atoms with Crippen LogP contribution in [0, 0.1) is 17.0 Å². The Morgan fingerprint density at radius 2 is 2.04 bits per heavy atom. The van der Waals surface area contributed by atoms with Gasteiger partial charge < -0.3 is 4.52 Å². The second-order valence-corrected chi connectivity index (χ2v) is 5.91. The zero-order chi connectivity index (χ0) is 18.3. The topological polar surface area (TPSA) is 102 Å². The van der Waals surface area contributed by atoms with Crippen LogP contribution in [0.25, 0.3) is 22.9 Å². The predicted octanol–water partition coefficient (Wildman–Crippen LogP) is 4.11. The summed E-state index contributed by atoms with van der Waals surface area (Å²) in [7, 11) is 0. The Hall–Kier alpha value is -3.74. The molecule has 0 unspecified atom stereocenters. The first-order valence-electron chi connectivity index (χ1n) is 7.86. The zero-order valence-corrected chi connectivity index (χ0v) is 13.7. The SMILES string of the molecule is Cc1ccc(-c2[nH]oc(=O)c2/C=C2\C=Nc3ccccc32)cc1[N+](=O)[O-]. The van der Waals surface area contributed by atoms with E-state index in [9.17, 15) is 14.9 Å². The molecule has 0 amide bonds. The molecule has 0 atom stereocenters. The maximum Gasteiger partial charge on any atom is 0.365 e. The number of nitro benzene ring substituents is 1. The number of rotatable bonds is 3. The van der Waals surface area contributed by atoms with E-state index in [4.69, 9.17) is 4.52 Å². The van der Waals surface area contributed by atoms with Gasteiger partial charge in [-0.05, 0) is 19.1 Å². The first-order valence-corrected chi connectivity index (χ1v) is 7.86. The van der Waals surface area contributed by atoms with Crippen LogP contribution in [0.1, 0.15) is 16.7 Å². The molecule has 2 aromatic carbocycles. The molecule has 1 aromatic heterocycles. The molecule has 1 aliphatic heterocycles. The molecule has 0 saturated heterocycles. The molecule has 0 fully saturated rings. The Morgan fingerprint density at radius 1 is 1.23 bits per heavy atom. The van der Waals surface area contributed by atoms with E-state index >= 15 is 0 Å². The Kier molecular flexibility index (Phi) is 3.62. The van der Waals surface area contributed by atoms with E-state index in [0.29, 0.717) is 22.4 Å². The van der Waals surface area contributed by atoms with Crippen molar-refractivity contribution in [2.24, 2.45) is 4.99 Å². The number of aromatic amines is 1. The molecule has 7 heteroatoms. The molecule has 0 aliphatic carbocycles. The number of aliphatic imine (C=N–C) groups is 1. The number of nitrogens with zero attached hydrogens (tertiary/aromatic N) is 2. The third kappa shape index (κ3) is 2.55. The number of nitro groups is 1. The second-order valence-electron chi connectivity index (χ2n) is 5.91. The standard InChI is InChI=1S/C19H13N3O4/c1-11-6-7-12(9-17(11)22(24)25)18-15(19(23)26-21-18)8-13-10-20-16-5-3-2-4-14(13)16/h2-10,21H,1H3/b13-8+. The van der Waals surface area contributed by atoms with Crippen molar-refractivity contribution in [3.05, 3.63) is 79.7 Å². The highest BCUT2D eigenvalue weighted by molar-refractivity contribution is 6.21. The van der Waals surface area contributed by atoms with Gasteiger partial charge in [0.05, 0.1) is 21.9 Å². The molecule has 7 nitrogen and oxygen atoms in total. The maximum absolute atomic E-state index is 12.2. The van der Waals surface area contributed by atoms with Crippen LogP contribution in [0.5, 0.6) is 0 Å². The third-order valence-corrected chi connectivity index (χ3v) is 4.29. The van der Waals surface area contributed by atoms with Crippen LogP contribution in [-0.4, -0.2) is 16.3 Å². The van der Waals surface area contributed by atoms with Crippen molar-refractivity contribution in [2.45, 2.75) is 6.92 Å². The average Bonchev–Trinajstić information content (AvgIpc) is 3.20. The summed E-state index contributed by atoms with van der Waals surface area (Å²) in [5.74, 6) is 0.